The second-order valence-electron chi connectivity index (χ2n) is 5.02. The molecule has 5 nitrogen and oxygen atoms in total. The summed E-state index contributed by atoms with van der Waals surface area (Å²) in [4.78, 5) is 11.5. The number of rotatable bonds is 4. The van der Waals surface area contributed by atoms with E-state index >= 15 is 0 Å². The number of nitrogen functional groups attached to an aromatic ring is 1. The fourth-order valence-electron chi connectivity index (χ4n) is 1.89. The van der Waals surface area contributed by atoms with Crippen LogP contribution in [0.2, 0.25) is 0 Å². The molecule has 8 heteroatoms. The van der Waals surface area contributed by atoms with Crippen molar-refractivity contribution in [2.24, 2.45) is 0 Å². The van der Waals surface area contributed by atoms with Gasteiger partial charge in [0, 0.05) is 5.69 Å². The van der Waals surface area contributed by atoms with Crippen molar-refractivity contribution in [2.75, 3.05) is 12.3 Å². The molecule has 136 valence electrons. The quantitative estimate of drug-likeness (QED) is 0.644. The molecule has 2 aromatic rings. The van der Waals surface area contributed by atoms with Gasteiger partial charge >= 0.3 is 12.5 Å². The van der Waals surface area contributed by atoms with E-state index < -0.39 is 18.2 Å². The first-order chi connectivity index (χ1) is 12.3. The second-order valence-corrected chi connectivity index (χ2v) is 5.02. The first-order valence-corrected chi connectivity index (χ1v) is 7.42. The van der Waals surface area contributed by atoms with Gasteiger partial charge in [-0.05, 0) is 23.8 Å². The Hall–Kier alpha value is -3.34. The van der Waals surface area contributed by atoms with Crippen LogP contribution in [0.15, 0.2) is 48.5 Å². The van der Waals surface area contributed by atoms with E-state index in [1.54, 1.807) is 12.1 Å². The molecule has 0 heterocycles. The Kier molecular flexibility index (Phi) is 6.33. The number of carbonyl (C=O) groups is 1. The Morgan fingerprint density at radius 3 is 2.58 bits per heavy atom. The average molecular weight is 364 g/mol. The second kappa shape index (κ2) is 8.67. The Morgan fingerprint density at radius 1 is 1.15 bits per heavy atom. The lowest BCUT2D eigenvalue weighted by molar-refractivity contribution is -0.274. The van der Waals surface area contributed by atoms with Gasteiger partial charge in [0.2, 0.25) is 0 Å². The van der Waals surface area contributed by atoms with E-state index in [1.165, 1.54) is 12.1 Å². The normalized spacial score (nSPS) is 10.4. The third-order valence-corrected chi connectivity index (χ3v) is 2.99. The number of hydrogen-bond acceptors (Lipinski definition) is 4. The number of hydrogen-bond donors (Lipinski definition) is 2. The van der Waals surface area contributed by atoms with E-state index in [4.69, 9.17) is 10.5 Å². The lowest BCUT2D eigenvalue weighted by Crippen LogP contribution is -2.24. The van der Waals surface area contributed by atoms with Crippen molar-refractivity contribution in [3.63, 3.8) is 0 Å². The lowest BCUT2D eigenvalue weighted by atomic mass is 10.2. The van der Waals surface area contributed by atoms with Crippen molar-refractivity contribution in [2.45, 2.75) is 13.0 Å². The Balaban J connectivity index is 1.89. The molecule has 0 saturated heterocycles. The summed E-state index contributed by atoms with van der Waals surface area (Å²) in [7, 11) is 0. The van der Waals surface area contributed by atoms with E-state index in [9.17, 15) is 18.0 Å². The average Bonchev–Trinajstić information content (AvgIpc) is 2.59. The number of halogens is 3. The molecule has 0 fully saturated rings. The number of ether oxygens (including phenoxy) is 2. The predicted molar refractivity (Wildman–Crippen MR) is 89.0 cm³/mol. The Labute approximate surface area is 147 Å². The van der Waals surface area contributed by atoms with E-state index in [2.05, 4.69) is 21.9 Å². The summed E-state index contributed by atoms with van der Waals surface area (Å²) >= 11 is 0. The van der Waals surface area contributed by atoms with Gasteiger partial charge in [0.15, 0.2) is 0 Å². The van der Waals surface area contributed by atoms with Crippen LogP contribution in [-0.4, -0.2) is 19.0 Å². The topological polar surface area (TPSA) is 73.6 Å². The van der Waals surface area contributed by atoms with Gasteiger partial charge in [0.05, 0.1) is 12.1 Å². The summed E-state index contributed by atoms with van der Waals surface area (Å²) < 4.78 is 46.0. The molecule has 3 N–H and O–H groups in total. The molecule has 0 aromatic heterocycles. The third kappa shape index (κ3) is 6.65. The molecule has 2 aromatic carbocycles. The molecule has 26 heavy (non-hydrogen) atoms. The molecule has 0 unspecified atom stereocenters. The summed E-state index contributed by atoms with van der Waals surface area (Å²) in [6, 6.07) is 12.7. The number of carbonyl (C=O) groups excluding carboxylic acids is 1. The monoisotopic (exact) mass is 364 g/mol. The maximum atomic E-state index is 12.4. The number of nitrogens with one attached hydrogen (secondary N) is 1. The first kappa shape index (κ1) is 19.0. The molecule has 0 spiro atoms. The highest BCUT2D eigenvalue weighted by atomic mass is 19.4. The molecule has 0 bridgehead atoms. The number of nitrogens with two attached hydrogens (primary N) is 1. The molecule has 0 aliphatic carbocycles. The van der Waals surface area contributed by atoms with Crippen LogP contribution in [-0.2, 0) is 11.3 Å². The van der Waals surface area contributed by atoms with Crippen molar-refractivity contribution < 1.29 is 27.4 Å². The molecule has 0 saturated carbocycles. The maximum absolute atomic E-state index is 12.4. The van der Waals surface area contributed by atoms with Crippen molar-refractivity contribution in [3.05, 3.63) is 59.7 Å². The molecular formula is C18H15F3N2O3. The highest BCUT2D eigenvalue weighted by Gasteiger charge is 2.32. The lowest BCUT2D eigenvalue weighted by Gasteiger charge is -2.10. The van der Waals surface area contributed by atoms with E-state index in [0.29, 0.717) is 0 Å². The summed E-state index contributed by atoms with van der Waals surface area (Å²) in [5.74, 6) is 4.53. The zero-order chi connectivity index (χ0) is 19.0. The van der Waals surface area contributed by atoms with E-state index in [-0.39, 0.29) is 24.4 Å². The molecule has 0 radical (unpaired) electrons. The van der Waals surface area contributed by atoms with Crippen LogP contribution < -0.4 is 15.8 Å². The zero-order valence-corrected chi connectivity index (χ0v) is 13.5. The largest absolute Gasteiger partial charge is 0.573 e. The van der Waals surface area contributed by atoms with Crippen LogP contribution in [0.4, 0.5) is 23.7 Å². The van der Waals surface area contributed by atoms with Gasteiger partial charge in [0.1, 0.15) is 12.4 Å². The fraction of sp³-hybridized carbons (Fsp3) is 0.167. The number of amides is 1. The van der Waals surface area contributed by atoms with Crippen LogP contribution in [0.25, 0.3) is 0 Å². The van der Waals surface area contributed by atoms with Crippen molar-refractivity contribution in [1.29, 1.82) is 0 Å². The number of benzene rings is 2. The standard InChI is InChI=1S/C18H15F3N2O3/c19-18(20,21)26-16-9-8-15(22)11-14(16)7-4-10-23-17(24)25-12-13-5-2-1-3-6-13/h1-3,5-6,8-9,11H,10,12,22H2,(H,23,24). The van der Waals surface area contributed by atoms with Crippen LogP contribution >= 0.6 is 0 Å². The van der Waals surface area contributed by atoms with Gasteiger partial charge in [-0.2, -0.15) is 0 Å². The fourth-order valence-corrected chi connectivity index (χ4v) is 1.89. The van der Waals surface area contributed by atoms with Gasteiger partial charge in [-0.3, -0.25) is 0 Å². The Bertz CT molecular complexity index is 812. The Morgan fingerprint density at radius 2 is 1.88 bits per heavy atom. The summed E-state index contributed by atoms with van der Waals surface area (Å²) in [6.45, 7) is -0.0211. The number of anilines is 1. The maximum Gasteiger partial charge on any atom is 0.573 e. The number of alkyl carbamates (subject to hydrolysis) is 1. The van der Waals surface area contributed by atoms with E-state index in [1.807, 2.05) is 18.2 Å². The molecule has 1 amide bonds. The van der Waals surface area contributed by atoms with Crippen molar-refractivity contribution in [1.82, 2.24) is 5.32 Å². The minimum atomic E-state index is -4.84. The van der Waals surface area contributed by atoms with Gasteiger partial charge in [0.25, 0.3) is 0 Å². The summed E-state index contributed by atoms with van der Waals surface area (Å²) in [5.41, 5.74) is 6.56. The van der Waals surface area contributed by atoms with Crippen LogP contribution in [0, 0.1) is 11.8 Å². The minimum Gasteiger partial charge on any atom is -0.445 e. The van der Waals surface area contributed by atoms with Crippen molar-refractivity contribution >= 4 is 11.8 Å². The molecule has 0 atom stereocenters. The molecule has 2 rings (SSSR count). The van der Waals surface area contributed by atoms with Crippen LogP contribution in [0.5, 0.6) is 5.75 Å². The SMILES string of the molecule is Nc1ccc(OC(F)(F)F)c(C#CCNC(=O)OCc2ccccc2)c1. The zero-order valence-electron chi connectivity index (χ0n) is 13.5. The third-order valence-electron chi connectivity index (χ3n) is 2.99. The summed E-state index contributed by atoms with van der Waals surface area (Å²) in [5, 5.41) is 2.38. The smallest absolute Gasteiger partial charge is 0.445 e. The highest BCUT2D eigenvalue weighted by molar-refractivity contribution is 5.67. The van der Waals surface area contributed by atoms with Gasteiger partial charge in [-0.25, -0.2) is 4.79 Å². The van der Waals surface area contributed by atoms with Gasteiger partial charge in [-0.1, -0.05) is 42.2 Å². The van der Waals surface area contributed by atoms with E-state index in [0.717, 1.165) is 11.6 Å². The highest BCUT2D eigenvalue weighted by Crippen LogP contribution is 2.27. The molecule has 0 aliphatic heterocycles. The van der Waals surface area contributed by atoms with Gasteiger partial charge < -0.3 is 20.5 Å². The summed E-state index contributed by atoms with van der Waals surface area (Å²) in [6.07, 6.45) is -5.53. The molecule has 0 aliphatic rings. The van der Waals surface area contributed by atoms with Gasteiger partial charge in [-0.15, -0.1) is 13.2 Å². The molecular weight excluding hydrogens is 349 g/mol. The predicted octanol–water partition coefficient (Wildman–Crippen LogP) is 3.45. The minimum absolute atomic E-state index is 0.0400. The first-order valence-electron chi connectivity index (χ1n) is 7.42. The van der Waals surface area contributed by atoms with Crippen molar-refractivity contribution in [3.8, 4) is 17.6 Å². The van der Waals surface area contributed by atoms with Crippen LogP contribution in [0.1, 0.15) is 11.1 Å². The van der Waals surface area contributed by atoms with Crippen LogP contribution in [0.3, 0.4) is 0 Å². The number of alkyl halides is 3.